The highest BCUT2D eigenvalue weighted by molar-refractivity contribution is 5.13. The third-order valence-electron chi connectivity index (χ3n) is 5.19. The number of halogens is 1. The van der Waals surface area contributed by atoms with Gasteiger partial charge in [-0.1, -0.05) is 75.8 Å². The highest BCUT2D eigenvalue weighted by Crippen LogP contribution is 2.17. The molecular weight excluding hydrogens is 346 g/mol. The van der Waals surface area contributed by atoms with E-state index in [1.807, 2.05) is 0 Å². The van der Waals surface area contributed by atoms with Crippen molar-refractivity contribution in [2.75, 3.05) is 19.6 Å². The van der Waals surface area contributed by atoms with E-state index < -0.39 is 0 Å². The second kappa shape index (κ2) is 14.0. The highest BCUT2D eigenvalue weighted by atomic mass is 79.9. The zero-order valence-electron chi connectivity index (χ0n) is 15.7. The summed E-state index contributed by atoms with van der Waals surface area (Å²) in [5, 5.41) is 0. The van der Waals surface area contributed by atoms with Crippen molar-refractivity contribution in [3.63, 3.8) is 0 Å². The van der Waals surface area contributed by atoms with Crippen molar-refractivity contribution in [1.82, 2.24) is 0 Å². The number of rotatable bonds is 13. The van der Waals surface area contributed by atoms with E-state index in [-0.39, 0.29) is 17.0 Å². The number of benzene rings is 1. The Morgan fingerprint density at radius 2 is 1.22 bits per heavy atom. The molecule has 0 atom stereocenters. The maximum absolute atomic E-state index is 2.36. The fourth-order valence-electron chi connectivity index (χ4n) is 3.39. The monoisotopic (exact) mass is 383 g/mol. The molecule has 0 aliphatic carbocycles. The molecule has 134 valence electrons. The molecule has 1 aromatic rings. The van der Waals surface area contributed by atoms with Crippen LogP contribution >= 0.6 is 0 Å². The van der Waals surface area contributed by atoms with Gasteiger partial charge in [-0.2, -0.15) is 0 Å². The summed E-state index contributed by atoms with van der Waals surface area (Å²) >= 11 is 0. The summed E-state index contributed by atoms with van der Waals surface area (Å²) in [4.78, 5) is 0. The maximum Gasteiger partial charge on any atom is 0.104 e. The minimum atomic E-state index is 0. The van der Waals surface area contributed by atoms with Gasteiger partial charge in [-0.3, -0.25) is 0 Å². The lowest BCUT2D eigenvalue weighted by Crippen LogP contribution is -3.00. The van der Waals surface area contributed by atoms with Crippen LogP contribution in [0.25, 0.3) is 0 Å². The predicted molar refractivity (Wildman–Crippen MR) is 99.0 cm³/mol. The summed E-state index contributed by atoms with van der Waals surface area (Å²) < 4.78 is 1.25. The summed E-state index contributed by atoms with van der Waals surface area (Å²) in [6.07, 6.45) is 11.3. The largest absolute Gasteiger partial charge is 1.00 e. The molecule has 0 N–H and O–H groups in total. The molecule has 0 aliphatic rings. The SMILES string of the molecule is CCCCCCCCCC[N+](CC)(CC)Cc1ccccc1.[Br-]. The fraction of sp³-hybridized carbons (Fsp3) is 0.714. The van der Waals surface area contributed by atoms with Crippen molar-refractivity contribution in [1.29, 1.82) is 0 Å². The Balaban J connectivity index is 0.00000484. The standard InChI is InChI=1S/C21H38N.BrH/c1-4-7-8-9-10-11-12-16-19-22(5-2,6-3)20-21-17-14-13-15-18-21;/h13-15,17-18H,4-12,16,19-20H2,1-3H3;1H/q+1;/p-1. The first kappa shape index (κ1) is 22.7. The van der Waals surface area contributed by atoms with Crippen LogP contribution in [0.5, 0.6) is 0 Å². The Bertz CT molecular complexity index is 359. The van der Waals surface area contributed by atoms with Crippen molar-refractivity contribution < 1.29 is 21.5 Å². The molecule has 2 heteroatoms. The van der Waals surface area contributed by atoms with Crippen LogP contribution in [0.2, 0.25) is 0 Å². The van der Waals surface area contributed by atoms with E-state index >= 15 is 0 Å². The molecule has 0 fully saturated rings. The van der Waals surface area contributed by atoms with Crippen LogP contribution in [0.15, 0.2) is 30.3 Å². The van der Waals surface area contributed by atoms with Gasteiger partial charge in [0.15, 0.2) is 0 Å². The van der Waals surface area contributed by atoms with E-state index in [9.17, 15) is 0 Å². The second-order valence-electron chi connectivity index (χ2n) is 6.82. The minimum absolute atomic E-state index is 0. The number of nitrogens with zero attached hydrogens (tertiary/aromatic N) is 1. The molecule has 0 radical (unpaired) electrons. The summed E-state index contributed by atoms with van der Waals surface area (Å²) in [7, 11) is 0. The van der Waals surface area contributed by atoms with Crippen molar-refractivity contribution >= 4 is 0 Å². The Hall–Kier alpha value is -0.340. The Morgan fingerprint density at radius 1 is 0.696 bits per heavy atom. The van der Waals surface area contributed by atoms with Gasteiger partial charge in [-0.25, -0.2) is 0 Å². The van der Waals surface area contributed by atoms with Crippen LogP contribution in [0.1, 0.15) is 77.7 Å². The third kappa shape index (κ3) is 9.52. The van der Waals surface area contributed by atoms with Crippen molar-refractivity contribution in [2.24, 2.45) is 0 Å². The van der Waals surface area contributed by atoms with E-state index in [2.05, 4.69) is 51.1 Å². The van der Waals surface area contributed by atoms with Crippen LogP contribution in [0, 0.1) is 0 Å². The molecule has 0 saturated carbocycles. The highest BCUT2D eigenvalue weighted by Gasteiger charge is 2.22. The average Bonchev–Trinajstić information content (AvgIpc) is 2.57. The van der Waals surface area contributed by atoms with Gasteiger partial charge in [-0.15, -0.1) is 0 Å². The molecule has 0 bridgehead atoms. The summed E-state index contributed by atoms with van der Waals surface area (Å²) in [6.45, 7) is 12.1. The summed E-state index contributed by atoms with van der Waals surface area (Å²) in [5.41, 5.74) is 1.49. The molecule has 0 heterocycles. The van der Waals surface area contributed by atoms with Crippen LogP contribution in [-0.2, 0) is 6.54 Å². The van der Waals surface area contributed by atoms with E-state index in [1.54, 1.807) is 0 Å². The molecule has 0 aliphatic heterocycles. The van der Waals surface area contributed by atoms with Gasteiger partial charge in [0.2, 0.25) is 0 Å². The van der Waals surface area contributed by atoms with Gasteiger partial charge in [0.1, 0.15) is 6.54 Å². The van der Waals surface area contributed by atoms with Gasteiger partial charge in [0.25, 0.3) is 0 Å². The first-order valence-electron chi connectivity index (χ1n) is 9.65. The molecule has 0 amide bonds. The molecule has 0 saturated heterocycles. The zero-order chi connectivity index (χ0) is 16.1. The van der Waals surface area contributed by atoms with Crippen LogP contribution in [0.3, 0.4) is 0 Å². The minimum Gasteiger partial charge on any atom is -1.00 e. The molecule has 23 heavy (non-hydrogen) atoms. The van der Waals surface area contributed by atoms with Gasteiger partial charge in [0.05, 0.1) is 19.6 Å². The van der Waals surface area contributed by atoms with E-state index in [1.165, 1.54) is 87.6 Å². The lowest BCUT2D eigenvalue weighted by atomic mass is 10.1. The third-order valence-corrected chi connectivity index (χ3v) is 5.19. The summed E-state index contributed by atoms with van der Waals surface area (Å²) in [5.74, 6) is 0. The number of quaternary nitrogens is 1. The van der Waals surface area contributed by atoms with Crippen LogP contribution in [0.4, 0.5) is 0 Å². The van der Waals surface area contributed by atoms with Crippen LogP contribution in [-0.4, -0.2) is 24.1 Å². The molecule has 1 nitrogen and oxygen atoms in total. The smallest absolute Gasteiger partial charge is 0.104 e. The molecular formula is C21H38BrN. The van der Waals surface area contributed by atoms with Gasteiger partial charge in [-0.05, 0) is 26.7 Å². The Kier molecular flexibility index (Phi) is 13.8. The fourth-order valence-corrected chi connectivity index (χ4v) is 3.39. The number of hydrogen-bond donors (Lipinski definition) is 0. The number of unbranched alkanes of at least 4 members (excludes halogenated alkanes) is 7. The normalized spacial score (nSPS) is 11.3. The molecule has 0 unspecified atom stereocenters. The lowest BCUT2D eigenvalue weighted by molar-refractivity contribution is -0.938. The predicted octanol–water partition coefficient (Wildman–Crippen LogP) is 3.19. The van der Waals surface area contributed by atoms with Crippen molar-refractivity contribution in [3.05, 3.63) is 35.9 Å². The molecule has 1 rings (SSSR count). The van der Waals surface area contributed by atoms with Crippen LogP contribution < -0.4 is 17.0 Å². The van der Waals surface area contributed by atoms with Crippen molar-refractivity contribution in [3.8, 4) is 0 Å². The zero-order valence-corrected chi connectivity index (χ0v) is 17.3. The molecule has 0 spiro atoms. The Labute approximate surface area is 155 Å². The average molecular weight is 384 g/mol. The van der Waals surface area contributed by atoms with E-state index in [0.717, 1.165) is 0 Å². The topological polar surface area (TPSA) is 0 Å². The Morgan fingerprint density at radius 3 is 1.74 bits per heavy atom. The van der Waals surface area contributed by atoms with E-state index in [4.69, 9.17) is 0 Å². The first-order chi connectivity index (χ1) is 10.8. The summed E-state index contributed by atoms with van der Waals surface area (Å²) in [6, 6.07) is 11.0. The quantitative estimate of drug-likeness (QED) is 0.362. The molecule has 0 aromatic heterocycles. The van der Waals surface area contributed by atoms with Gasteiger partial charge >= 0.3 is 0 Å². The first-order valence-corrected chi connectivity index (χ1v) is 9.65. The molecule has 1 aromatic carbocycles. The van der Waals surface area contributed by atoms with Crippen molar-refractivity contribution in [2.45, 2.75) is 78.7 Å². The lowest BCUT2D eigenvalue weighted by Gasteiger charge is -2.37. The van der Waals surface area contributed by atoms with Gasteiger partial charge in [0, 0.05) is 5.56 Å². The van der Waals surface area contributed by atoms with Gasteiger partial charge < -0.3 is 21.5 Å². The maximum atomic E-state index is 2.36. The number of hydrogen-bond acceptors (Lipinski definition) is 0. The van der Waals surface area contributed by atoms with E-state index in [0.29, 0.717) is 0 Å². The second-order valence-corrected chi connectivity index (χ2v) is 6.82.